The van der Waals surface area contributed by atoms with Gasteiger partial charge in [-0.15, -0.1) is 0 Å². The molecule has 3 heteroatoms. The highest BCUT2D eigenvalue weighted by atomic mass is 16.4. The maximum Gasteiger partial charge on any atom is 0.306 e. The van der Waals surface area contributed by atoms with Gasteiger partial charge in [0.15, 0.2) is 0 Å². The molecule has 1 aliphatic heterocycles. The molecular weight excluding hydrogens is 226 g/mol. The summed E-state index contributed by atoms with van der Waals surface area (Å²) in [7, 11) is 0. The van der Waals surface area contributed by atoms with Gasteiger partial charge in [0.05, 0.1) is 5.92 Å². The highest BCUT2D eigenvalue weighted by Crippen LogP contribution is 2.25. The quantitative estimate of drug-likeness (QED) is 0.792. The number of nitrogens with zero attached hydrogens (tertiary/aromatic N) is 1. The van der Waals surface area contributed by atoms with Crippen LogP contribution in [0.25, 0.3) is 0 Å². The predicted octanol–water partition coefficient (Wildman–Crippen LogP) is 3.24. The van der Waals surface area contributed by atoms with Crippen molar-refractivity contribution in [2.75, 3.05) is 13.1 Å². The molecule has 1 rings (SSSR count). The van der Waals surface area contributed by atoms with Crippen molar-refractivity contribution in [3.05, 3.63) is 0 Å². The zero-order chi connectivity index (χ0) is 13.7. The third-order valence-corrected chi connectivity index (χ3v) is 3.88. The third-order valence-electron chi connectivity index (χ3n) is 3.88. The van der Waals surface area contributed by atoms with Crippen LogP contribution in [0.15, 0.2) is 0 Å². The molecule has 3 nitrogen and oxygen atoms in total. The van der Waals surface area contributed by atoms with E-state index in [1.807, 2.05) is 0 Å². The molecule has 0 bridgehead atoms. The van der Waals surface area contributed by atoms with Crippen LogP contribution in [-0.2, 0) is 4.79 Å². The van der Waals surface area contributed by atoms with E-state index in [9.17, 15) is 4.79 Å². The maximum atomic E-state index is 11.0. The highest BCUT2D eigenvalue weighted by Gasteiger charge is 2.28. The molecule has 106 valence electrons. The van der Waals surface area contributed by atoms with Gasteiger partial charge in [0.25, 0.3) is 0 Å². The number of likely N-dealkylation sites (tertiary alicyclic amines) is 1. The minimum Gasteiger partial charge on any atom is -0.481 e. The number of hydrogen-bond acceptors (Lipinski definition) is 2. The van der Waals surface area contributed by atoms with Gasteiger partial charge in [0.1, 0.15) is 0 Å². The van der Waals surface area contributed by atoms with Gasteiger partial charge in [0, 0.05) is 6.04 Å². The summed E-state index contributed by atoms with van der Waals surface area (Å²) >= 11 is 0. The van der Waals surface area contributed by atoms with E-state index in [4.69, 9.17) is 5.11 Å². The van der Waals surface area contributed by atoms with E-state index in [0.717, 1.165) is 25.9 Å². The number of carbonyl (C=O) groups is 1. The van der Waals surface area contributed by atoms with E-state index >= 15 is 0 Å². The second-order valence-electron chi connectivity index (χ2n) is 6.56. The van der Waals surface area contributed by atoms with Crippen LogP contribution in [0, 0.1) is 17.8 Å². The van der Waals surface area contributed by atoms with E-state index < -0.39 is 5.97 Å². The summed E-state index contributed by atoms with van der Waals surface area (Å²) in [6.45, 7) is 11.0. The summed E-state index contributed by atoms with van der Waals surface area (Å²) in [4.78, 5) is 13.5. The smallest absolute Gasteiger partial charge is 0.306 e. The summed E-state index contributed by atoms with van der Waals surface area (Å²) in [5.74, 6) is 0.704. The minimum atomic E-state index is -0.612. The predicted molar refractivity (Wildman–Crippen MR) is 74.6 cm³/mol. The Balaban J connectivity index is 2.51. The Morgan fingerprint density at radius 2 is 1.56 bits per heavy atom. The lowest BCUT2D eigenvalue weighted by Crippen LogP contribution is -2.44. The first-order valence-electron chi connectivity index (χ1n) is 7.37. The first kappa shape index (κ1) is 15.5. The van der Waals surface area contributed by atoms with Gasteiger partial charge in [-0.1, -0.05) is 27.7 Å². The van der Waals surface area contributed by atoms with E-state index in [1.54, 1.807) is 0 Å². The molecule has 18 heavy (non-hydrogen) atoms. The Morgan fingerprint density at radius 1 is 1.11 bits per heavy atom. The van der Waals surface area contributed by atoms with Crippen molar-refractivity contribution in [3.63, 3.8) is 0 Å². The molecule has 0 aromatic heterocycles. The lowest BCUT2D eigenvalue weighted by molar-refractivity contribution is -0.143. The monoisotopic (exact) mass is 255 g/mol. The molecule has 1 saturated heterocycles. The SMILES string of the molecule is CC(C)CC(CC(C)C)N1CCC(C(=O)O)CC1. The summed E-state index contributed by atoms with van der Waals surface area (Å²) < 4.78 is 0. The van der Waals surface area contributed by atoms with Crippen LogP contribution in [0.5, 0.6) is 0 Å². The van der Waals surface area contributed by atoms with Crippen molar-refractivity contribution < 1.29 is 9.90 Å². The summed E-state index contributed by atoms with van der Waals surface area (Å²) in [5, 5.41) is 9.04. The van der Waals surface area contributed by atoms with Crippen LogP contribution >= 0.6 is 0 Å². The molecule has 0 unspecified atom stereocenters. The Morgan fingerprint density at radius 3 is 1.89 bits per heavy atom. The molecular formula is C15H29NO2. The van der Waals surface area contributed by atoms with Crippen molar-refractivity contribution in [1.29, 1.82) is 0 Å². The lowest BCUT2D eigenvalue weighted by atomic mass is 9.90. The van der Waals surface area contributed by atoms with Gasteiger partial charge in [-0.3, -0.25) is 4.79 Å². The van der Waals surface area contributed by atoms with Crippen LogP contribution in [0.1, 0.15) is 53.4 Å². The van der Waals surface area contributed by atoms with Crippen molar-refractivity contribution in [2.45, 2.75) is 59.4 Å². The number of carboxylic acids is 1. The fourth-order valence-electron chi connectivity index (χ4n) is 2.99. The van der Waals surface area contributed by atoms with E-state index in [0.29, 0.717) is 17.9 Å². The average Bonchev–Trinajstić information content (AvgIpc) is 2.27. The molecule has 1 fully saturated rings. The first-order valence-corrected chi connectivity index (χ1v) is 7.37. The second kappa shape index (κ2) is 7.13. The van der Waals surface area contributed by atoms with Gasteiger partial charge >= 0.3 is 5.97 Å². The van der Waals surface area contributed by atoms with Gasteiger partial charge in [0.2, 0.25) is 0 Å². The van der Waals surface area contributed by atoms with E-state index in [2.05, 4.69) is 32.6 Å². The first-order chi connectivity index (χ1) is 8.40. The molecule has 0 atom stereocenters. The van der Waals surface area contributed by atoms with Gasteiger partial charge in [-0.2, -0.15) is 0 Å². The van der Waals surface area contributed by atoms with Gasteiger partial charge in [-0.05, 0) is 50.6 Å². The average molecular weight is 255 g/mol. The number of carboxylic acid groups (broad SMARTS) is 1. The van der Waals surface area contributed by atoms with E-state index in [-0.39, 0.29) is 5.92 Å². The Labute approximate surface area is 112 Å². The summed E-state index contributed by atoms with van der Waals surface area (Å²) in [6.07, 6.45) is 4.11. The largest absolute Gasteiger partial charge is 0.481 e. The topological polar surface area (TPSA) is 40.5 Å². The number of rotatable bonds is 6. The fraction of sp³-hybridized carbons (Fsp3) is 0.933. The zero-order valence-electron chi connectivity index (χ0n) is 12.4. The number of aliphatic carboxylic acids is 1. The van der Waals surface area contributed by atoms with Crippen LogP contribution in [0.4, 0.5) is 0 Å². The Bertz CT molecular complexity index is 245. The normalized spacial score (nSPS) is 19.1. The van der Waals surface area contributed by atoms with Crippen LogP contribution in [0.3, 0.4) is 0 Å². The molecule has 0 aromatic rings. The minimum absolute atomic E-state index is 0.111. The molecule has 1 N–H and O–H groups in total. The molecule has 1 heterocycles. The molecule has 0 saturated carbocycles. The van der Waals surface area contributed by atoms with Crippen LogP contribution < -0.4 is 0 Å². The molecule has 0 aromatic carbocycles. The van der Waals surface area contributed by atoms with Gasteiger partial charge < -0.3 is 10.0 Å². The highest BCUT2D eigenvalue weighted by molar-refractivity contribution is 5.70. The Hall–Kier alpha value is -0.570. The van der Waals surface area contributed by atoms with Gasteiger partial charge in [-0.25, -0.2) is 0 Å². The van der Waals surface area contributed by atoms with Crippen LogP contribution in [-0.4, -0.2) is 35.1 Å². The fourth-order valence-corrected chi connectivity index (χ4v) is 2.99. The molecule has 0 spiro atoms. The van der Waals surface area contributed by atoms with Crippen LogP contribution in [0.2, 0.25) is 0 Å². The third kappa shape index (κ3) is 4.97. The molecule has 1 aliphatic rings. The number of hydrogen-bond donors (Lipinski definition) is 1. The van der Waals surface area contributed by atoms with Crippen molar-refractivity contribution in [1.82, 2.24) is 4.90 Å². The number of piperidine rings is 1. The Kier molecular flexibility index (Phi) is 6.13. The van der Waals surface area contributed by atoms with Crippen molar-refractivity contribution in [3.8, 4) is 0 Å². The van der Waals surface area contributed by atoms with E-state index in [1.165, 1.54) is 12.8 Å². The summed E-state index contributed by atoms with van der Waals surface area (Å²) in [6, 6.07) is 0.639. The lowest BCUT2D eigenvalue weighted by Gasteiger charge is -2.38. The summed E-state index contributed by atoms with van der Waals surface area (Å²) in [5.41, 5.74) is 0. The standard InChI is InChI=1S/C15H29NO2/c1-11(2)9-14(10-12(3)4)16-7-5-13(6-8-16)15(17)18/h11-14H,5-10H2,1-4H3,(H,17,18). The second-order valence-corrected chi connectivity index (χ2v) is 6.56. The molecule has 0 radical (unpaired) electrons. The van der Waals surface area contributed by atoms with Crippen molar-refractivity contribution >= 4 is 5.97 Å². The maximum absolute atomic E-state index is 11.0. The van der Waals surface area contributed by atoms with Crippen molar-refractivity contribution in [2.24, 2.45) is 17.8 Å². The molecule has 0 amide bonds. The molecule has 0 aliphatic carbocycles. The zero-order valence-corrected chi connectivity index (χ0v) is 12.4.